The minimum atomic E-state index is -1.05. The fourth-order valence-corrected chi connectivity index (χ4v) is 4.77. The number of carbonyl (C=O) groups is 1. The molecule has 3 rings (SSSR count). The molecule has 2 aliphatic rings. The van der Waals surface area contributed by atoms with E-state index in [1.54, 1.807) is 24.3 Å². The van der Waals surface area contributed by atoms with Crippen LogP contribution in [0.15, 0.2) is 24.3 Å². The van der Waals surface area contributed by atoms with Gasteiger partial charge in [-0.15, -0.1) is 0 Å². The van der Waals surface area contributed by atoms with E-state index >= 15 is 0 Å². The predicted molar refractivity (Wildman–Crippen MR) is 102 cm³/mol. The molecule has 1 saturated carbocycles. The second-order valence-electron chi connectivity index (χ2n) is 8.34. The normalized spacial score (nSPS) is 30.8. The monoisotopic (exact) mass is 374 g/mol. The number of rotatable bonds is 6. The lowest BCUT2D eigenvalue weighted by atomic mass is 9.66. The van der Waals surface area contributed by atoms with Crippen LogP contribution in [0.2, 0.25) is 0 Å². The summed E-state index contributed by atoms with van der Waals surface area (Å²) in [7, 11) is 0. The van der Waals surface area contributed by atoms with Crippen molar-refractivity contribution in [1.29, 1.82) is 0 Å². The van der Waals surface area contributed by atoms with Crippen molar-refractivity contribution >= 4 is 5.91 Å². The Kier molecular flexibility index (Phi) is 6.90. The van der Waals surface area contributed by atoms with Crippen molar-refractivity contribution < 1.29 is 19.4 Å². The summed E-state index contributed by atoms with van der Waals surface area (Å²) in [5.41, 5.74) is 6.59. The van der Waals surface area contributed by atoms with Crippen LogP contribution in [-0.4, -0.2) is 24.9 Å². The SMILES string of the molecule is CC1CC[C@H]2CCC[C@@H]([C@@H](C)[C@H]([O-])OCc3ccc(C(N)=O)cc3)C2CO1. The van der Waals surface area contributed by atoms with E-state index in [0.717, 1.165) is 25.0 Å². The van der Waals surface area contributed by atoms with E-state index in [2.05, 4.69) is 6.92 Å². The number of benzene rings is 1. The van der Waals surface area contributed by atoms with Crippen LogP contribution in [0.5, 0.6) is 0 Å². The molecule has 27 heavy (non-hydrogen) atoms. The fraction of sp³-hybridized carbons (Fsp3) is 0.682. The Hall–Kier alpha value is -1.43. The largest absolute Gasteiger partial charge is 0.831 e. The lowest BCUT2D eigenvalue weighted by molar-refractivity contribution is -0.510. The number of amides is 1. The number of ether oxygens (including phenoxy) is 2. The first-order valence-electron chi connectivity index (χ1n) is 10.2. The minimum Gasteiger partial charge on any atom is -0.831 e. The maximum atomic E-state index is 12.8. The Balaban J connectivity index is 1.57. The third kappa shape index (κ3) is 5.09. The highest BCUT2D eigenvalue weighted by molar-refractivity contribution is 5.92. The first-order valence-corrected chi connectivity index (χ1v) is 10.2. The lowest BCUT2D eigenvalue weighted by Gasteiger charge is -2.44. The first kappa shape index (κ1) is 20.3. The third-order valence-electron chi connectivity index (χ3n) is 6.54. The van der Waals surface area contributed by atoms with Crippen LogP contribution < -0.4 is 10.8 Å². The average molecular weight is 375 g/mol. The van der Waals surface area contributed by atoms with Gasteiger partial charge >= 0.3 is 0 Å². The van der Waals surface area contributed by atoms with Crippen LogP contribution in [0.4, 0.5) is 0 Å². The lowest BCUT2D eigenvalue weighted by Crippen LogP contribution is -2.44. The van der Waals surface area contributed by atoms with Gasteiger partial charge in [-0.2, -0.15) is 0 Å². The Bertz CT molecular complexity index is 617. The summed E-state index contributed by atoms with van der Waals surface area (Å²) in [6.45, 7) is 5.22. The molecule has 1 aromatic carbocycles. The molecular formula is C22H32NO4-. The van der Waals surface area contributed by atoms with E-state index in [4.69, 9.17) is 15.2 Å². The maximum Gasteiger partial charge on any atom is 0.248 e. The van der Waals surface area contributed by atoms with E-state index in [9.17, 15) is 9.90 Å². The molecule has 2 fully saturated rings. The number of carbonyl (C=O) groups excluding carboxylic acids is 1. The summed E-state index contributed by atoms with van der Waals surface area (Å²) >= 11 is 0. The van der Waals surface area contributed by atoms with E-state index in [1.165, 1.54) is 19.3 Å². The molecule has 0 radical (unpaired) electrons. The average Bonchev–Trinajstić information content (AvgIpc) is 2.87. The van der Waals surface area contributed by atoms with Gasteiger partial charge in [-0.25, -0.2) is 0 Å². The molecule has 0 bridgehead atoms. The van der Waals surface area contributed by atoms with Crippen molar-refractivity contribution in [3.63, 3.8) is 0 Å². The molecule has 2 N–H and O–H groups in total. The summed E-state index contributed by atoms with van der Waals surface area (Å²) in [5.74, 6) is 1.04. The van der Waals surface area contributed by atoms with Crippen molar-refractivity contribution in [2.24, 2.45) is 29.4 Å². The van der Waals surface area contributed by atoms with Crippen molar-refractivity contribution in [3.8, 4) is 0 Å². The first-order chi connectivity index (χ1) is 13.0. The van der Waals surface area contributed by atoms with Crippen molar-refractivity contribution in [1.82, 2.24) is 0 Å². The standard InChI is InChI=1S/C22H32NO4/c1-14-6-9-17-4-3-5-19(20(17)13-26-14)15(2)22(25)27-12-16-7-10-18(11-8-16)21(23)24/h7-8,10-11,14-15,17,19-20,22H,3-6,9,12-13H2,1-2H3,(H2,23,24)/q-1/t14?,15-,17-,19+,20?,22-/m1/s1. The molecule has 0 spiro atoms. The van der Waals surface area contributed by atoms with Gasteiger partial charge in [0.15, 0.2) is 0 Å². The zero-order valence-corrected chi connectivity index (χ0v) is 16.4. The van der Waals surface area contributed by atoms with Crippen molar-refractivity contribution in [2.75, 3.05) is 6.61 Å². The van der Waals surface area contributed by atoms with Crippen LogP contribution in [0.3, 0.4) is 0 Å². The summed E-state index contributed by atoms with van der Waals surface area (Å²) < 4.78 is 11.7. The summed E-state index contributed by atoms with van der Waals surface area (Å²) in [6.07, 6.45) is 5.17. The quantitative estimate of drug-likeness (QED) is 0.776. The smallest absolute Gasteiger partial charge is 0.248 e. The molecule has 1 aliphatic heterocycles. The van der Waals surface area contributed by atoms with Gasteiger partial charge in [0.25, 0.3) is 0 Å². The third-order valence-corrected chi connectivity index (χ3v) is 6.54. The predicted octanol–water partition coefficient (Wildman–Crippen LogP) is 2.86. The van der Waals surface area contributed by atoms with Gasteiger partial charge in [-0.3, -0.25) is 4.79 Å². The van der Waals surface area contributed by atoms with Crippen LogP contribution in [0.1, 0.15) is 61.9 Å². The summed E-state index contributed by atoms with van der Waals surface area (Å²) in [6, 6.07) is 6.91. The van der Waals surface area contributed by atoms with Gasteiger partial charge in [0.2, 0.25) is 5.91 Å². The Morgan fingerprint density at radius 1 is 1.26 bits per heavy atom. The molecule has 2 unspecified atom stereocenters. The van der Waals surface area contributed by atoms with Crippen LogP contribution in [0.25, 0.3) is 0 Å². The van der Waals surface area contributed by atoms with Crippen LogP contribution in [0, 0.1) is 23.7 Å². The number of hydrogen-bond acceptors (Lipinski definition) is 4. The second-order valence-corrected chi connectivity index (χ2v) is 8.34. The Morgan fingerprint density at radius 2 is 2.00 bits per heavy atom. The Labute approximate surface area is 162 Å². The van der Waals surface area contributed by atoms with Crippen molar-refractivity contribution in [3.05, 3.63) is 35.4 Å². The molecule has 1 aliphatic carbocycles. The molecule has 150 valence electrons. The summed E-state index contributed by atoms with van der Waals surface area (Å²) in [5, 5.41) is 12.8. The van der Waals surface area contributed by atoms with Gasteiger partial charge in [-0.05, 0) is 73.8 Å². The van der Waals surface area contributed by atoms with Gasteiger partial charge in [0, 0.05) is 5.56 Å². The molecule has 5 heteroatoms. The zero-order valence-electron chi connectivity index (χ0n) is 16.4. The van der Waals surface area contributed by atoms with E-state index in [1.807, 2.05) is 6.92 Å². The van der Waals surface area contributed by atoms with E-state index < -0.39 is 12.2 Å². The van der Waals surface area contributed by atoms with Gasteiger partial charge in [0.05, 0.1) is 19.3 Å². The van der Waals surface area contributed by atoms with Gasteiger partial charge in [-0.1, -0.05) is 31.9 Å². The number of fused-ring (bicyclic) bond motifs is 1. The maximum absolute atomic E-state index is 12.8. The molecule has 1 heterocycles. The minimum absolute atomic E-state index is 0.0419. The number of hydrogen-bond donors (Lipinski definition) is 1. The molecule has 5 nitrogen and oxygen atoms in total. The zero-order chi connectivity index (χ0) is 19.4. The van der Waals surface area contributed by atoms with Gasteiger partial charge < -0.3 is 20.3 Å². The van der Waals surface area contributed by atoms with E-state index in [-0.39, 0.29) is 12.5 Å². The Morgan fingerprint density at radius 3 is 2.70 bits per heavy atom. The molecule has 1 saturated heterocycles. The van der Waals surface area contributed by atoms with Crippen molar-refractivity contribution in [2.45, 2.75) is 65.0 Å². The highest BCUT2D eigenvalue weighted by atomic mass is 16.6. The van der Waals surface area contributed by atoms with Gasteiger partial charge in [0.1, 0.15) is 0 Å². The number of primary amides is 1. The highest BCUT2D eigenvalue weighted by Crippen LogP contribution is 2.43. The summed E-state index contributed by atoms with van der Waals surface area (Å²) in [4.78, 5) is 11.1. The molecular weight excluding hydrogens is 342 g/mol. The number of nitrogens with two attached hydrogens (primary N) is 1. The molecule has 1 amide bonds. The van der Waals surface area contributed by atoms with E-state index in [0.29, 0.717) is 29.4 Å². The molecule has 0 aromatic heterocycles. The topological polar surface area (TPSA) is 84.6 Å². The molecule has 1 aromatic rings. The molecule has 6 atom stereocenters. The second kappa shape index (κ2) is 9.18. The fourth-order valence-electron chi connectivity index (χ4n) is 4.77. The van der Waals surface area contributed by atoms with Crippen LogP contribution >= 0.6 is 0 Å². The highest BCUT2D eigenvalue weighted by Gasteiger charge is 2.38. The van der Waals surface area contributed by atoms with Crippen LogP contribution in [-0.2, 0) is 16.1 Å².